The van der Waals surface area contributed by atoms with Crippen molar-refractivity contribution in [1.82, 2.24) is 19.7 Å². The van der Waals surface area contributed by atoms with Gasteiger partial charge in [-0.15, -0.1) is 10.2 Å². The molecule has 1 saturated heterocycles. The van der Waals surface area contributed by atoms with Crippen molar-refractivity contribution in [3.8, 4) is 11.4 Å². The lowest BCUT2D eigenvalue weighted by molar-refractivity contribution is 0.0747. The highest BCUT2D eigenvalue weighted by atomic mass is 16.5. The summed E-state index contributed by atoms with van der Waals surface area (Å²) in [6.07, 6.45) is 3.24. The number of hydrogen-bond donors (Lipinski definition) is 0. The normalized spacial score (nSPS) is 14.3. The van der Waals surface area contributed by atoms with E-state index in [9.17, 15) is 4.79 Å². The Labute approximate surface area is 157 Å². The fraction of sp³-hybridized carbons (Fsp3) is 0.250. The van der Waals surface area contributed by atoms with Gasteiger partial charge in [-0.25, -0.2) is 0 Å². The molecule has 1 aromatic heterocycles. The molecule has 1 aliphatic heterocycles. The smallest absolute Gasteiger partial charge is 0.254 e. The molecule has 1 amide bonds. The molecule has 7 heteroatoms. The Kier molecular flexibility index (Phi) is 4.74. The molecule has 7 nitrogen and oxygen atoms in total. The zero-order valence-corrected chi connectivity index (χ0v) is 15.2. The molecule has 0 radical (unpaired) electrons. The Hall–Kier alpha value is -3.35. The van der Waals surface area contributed by atoms with Gasteiger partial charge in [-0.3, -0.25) is 9.36 Å². The van der Waals surface area contributed by atoms with Crippen molar-refractivity contribution in [2.45, 2.75) is 0 Å². The lowest BCUT2D eigenvalue weighted by atomic mass is 10.1. The predicted molar refractivity (Wildman–Crippen MR) is 102 cm³/mol. The summed E-state index contributed by atoms with van der Waals surface area (Å²) >= 11 is 0. The minimum Gasteiger partial charge on any atom is -0.497 e. The average Bonchev–Trinajstić information content (AvgIpc) is 3.29. The second-order valence-corrected chi connectivity index (χ2v) is 6.40. The van der Waals surface area contributed by atoms with Crippen molar-refractivity contribution in [1.29, 1.82) is 0 Å². The van der Waals surface area contributed by atoms with E-state index in [2.05, 4.69) is 27.2 Å². The molecule has 4 rings (SSSR count). The van der Waals surface area contributed by atoms with Crippen molar-refractivity contribution < 1.29 is 9.53 Å². The first kappa shape index (κ1) is 17.1. The number of anilines is 1. The maximum Gasteiger partial charge on any atom is 0.254 e. The monoisotopic (exact) mass is 363 g/mol. The minimum absolute atomic E-state index is 0.0549. The van der Waals surface area contributed by atoms with Crippen LogP contribution < -0.4 is 9.64 Å². The maximum atomic E-state index is 12.9. The lowest BCUT2D eigenvalue weighted by Gasteiger charge is -2.36. The number of carbonyl (C=O) groups is 1. The van der Waals surface area contributed by atoms with E-state index in [0.717, 1.165) is 30.2 Å². The van der Waals surface area contributed by atoms with Crippen molar-refractivity contribution in [3.63, 3.8) is 0 Å². The second kappa shape index (κ2) is 7.49. The molecule has 27 heavy (non-hydrogen) atoms. The fourth-order valence-electron chi connectivity index (χ4n) is 3.28. The van der Waals surface area contributed by atoms with Gasteiger partial charge in [-0.1, -0.05) is 6.07 Å². The van der Waals surface area contributed by atoms with E-state index in [4.69, 9.17) is 4.74 Å². The molecule has 138 valence electrons. The summed E-state index contributed by atoms with van der Waals surface area (Å²) in [6.45, 7) is 3.01. The first-order chi connectivity index (χ1) is 13.2. The molecule has 2 aromatic carbocycles. The van der Waals surface area contributed by atoms with E-state index in [1.165, 1.54) is 0 Å². The van der Waals surface area contributed by atoms with Crippen LogP contribution in [0.5, 0.6) is 5.75 Å². The van der Waals surface area contributed by atoms with Gasteiger partial charge in [0.15, 0.2) is 0 Å². The van der Waals surface area contributed by atoms with Gasteiger partial charge in [0.25, 0.3) is 5.91 Å². The number of methoxy groups -OCH3 is 1. The van der Waals surface area contributed by atoms with Gasteiger partial charge in [0.05, 0.1) is 7.11 Å². The molecule has 0 atom stereocenters. The highest BCUT2D eigenvalue weighted by molar-refractivity contribution is 5.95. The molecule has 0 bridgehead atoms. The van der Waals surface area contributed by atoms with Crippen molar-refractivity contribution in [3.05, 3.63) is 66.7 Å². The Balaban J connectivity index is 1.42. The third-order valence-electron chi connectivity index (χ3n) is 4.81. The van der Waals surface area contributed by atoms with Crippen LogP contribution in [0.4, 0.5) is 5.69 Å². The van der Waals surface area contributed by atoms with E-state index in [1.807, 2.05) is 41.3 Å². The molecule has 0 spiro atoms. The SMILES string of the molecule is COc1ccc(N2CCN(C(=O)c3cccc(-n4cnnc4)c3)CC2)cc1. The number of benzene rings is 2. The van der Waals surface area contributed by atoms with Gasteiger partial charge in [0.1, 0.15) is 18.4 Å². The number of rotatable bonds is 4. The van der Waals surface area contributed by atoms with Gasteiger partial charge in [0, 0.05) is 43.1 Å². The number of carbonyl (C=O) groups excluding carboxylic acids is 1. The Morgan fingerprint density at radius 3 is 2.30 bits per heavy atom. The van der Waals surface area contributed by atoms with Gasteiger partial charge < -0.3 is 14.5 Å². The van der Waals surface area contributed by atoms with Crippen LogP contribution in [0.2, 0.25) is 0 Å². The summed E-state index contributed by atoms with van der Waals surface area (Å²) in [7, 11) is 1.66. The predicted octanol–water partition coefficient (Wildman–Crippen LogP) is 2.24. The van der Waals surface area contributed by atoms with Crippen molar-refractivity contribution in [2.24, 2.45) is 0 Å². The van der Waals surface area contributed by atoms with Gasteiger partial charge in [0.2, 0.25) is 0 Å². The van der Waals surface area contributed by atoms with E-state index in [0.29, 0.717) is 18.7 Å². The van der Waals surface area contributed by atoms with Crippen molar-refractivity contribution >= 4 is 11.6 Å². The van der Waals surface area contributed by atoms with Crippen LogP contribution in [0, 0.1) is 0 Å². The Morgan fingerprint density at radius 1 is 0.926 bits per heavy atom. The number of piperazine rings is 1. The summed E-state index contributed by atoms with van der Waals surface area (Å²) in [6, 6.07) is 15.6. The molecule has 0 unspecified atom stereocenters. The molecule has 0 aliphatic carbocycles. The van der Waals surface area contributed by atoms with Crippen LogP contribution >= 0.6 is 0 Å². The largest absolute Gasteiger partial charge is 0.497 e. The standard InChI is InChI=1S/C20H21N5O2/c1-27-19-7-5-17(6-8-19)23-9-11-24(12-10-23)20(26)16-3-2-4-18(13-16)25-14-21-22-15-25/h2-8,13-15H,9-12H2,1H3. The third-order valence-corrected chi connectivity index (χ3v) is 4.81. The molecule has 2 heterocycles. The summed E-state index contributed by atoms with van der Waals surface area (Å²) in [5, 5.41) is 7.63. The fourth-order valence-corrected chi connectivity index (χ4v) is 3.28. The van der Waals surface area contributed by atoms with Crippen LogP contribution in [0.25, 0.3) is 5.69 Å². The van der Waals surface area contributed by atoms with Crippen LogP contribution in [0.15, 0.2) is 61.2 Å². The molecular formula is C20H21N5O2. The van der Waals surface area contributed by atoms with Gasteiger partial charge in [-0.2, -0.15) is 0 Å². The first-order valence-electron chi connectivity index (χ1n) is 8.88. The average molecular weight is 363 g/mol. The van der Waals surface area contributed by atoms with E-state index >= 15 is 0 Å². The quantitative estimate of drug-likeness (QED) is 0.711. The lowest BCUT2D eigenvalue weighted by Crippen LogP contribution is -2.48. The molecular weight excluding hydrogens is 342 g/mol. The highest BCUT2D eigenvalue weighted by Gasteiger charge is 2.22. The molecule has 1 aliphatic rings. The van der Waals surface area contributed by atoms with Gasteiger partial charge in [-0.05, 0) is 42.5 Å². The third kappa shape index (κ3) is 3.62. The van der Waals surface area contributed by atoms with Crippen molar-refractivity contribution in [2.75, 3.05) is 38.2 Å². The summed E-state index contributed by atoms with van der Waals surface area (Å²) < 4.78 is 7.00. The molecule has 0 saturated carbocycles. The number of hydrogen-bond acceptors (Lipinski definition) is 5. The van der Waals surface area contributed by atoms with E-state index in [-0.39, 0.29) is 5.91 Å². The molecule has 0 N–H and O–H groups in total. The minimum atomic E-state index is 0.0549. The molecule has 1 fully saturated rings. The Bertz CT molecular complexity index is 900. The summed E-state index contributed by atoms with van der Waals surface area (Å²) in [5.41, 5.74) is 2.71. The topological polar surface area (TPSA) is 63.5 Å². The van der Waals surface area contributed by atoms with Gasteiger partial charge >= 0.3 is 0 Å². The number of amides is 1. The van der Waals surface area contributed by atoms with Crippen LogP contribution in [-0.4, -0.2) is 58.9 Å². The maximum absolute atomic E-state index is 12.9. The molecule has 3 aromatic rings. The van der Waals surface area contributed by atoms with E-state index in [1.54, 1.807) is 24.3 Å². The highest BCUT2D eigenvalue weighted by Crippen LogP contribution is 2.21. The zero-order chi connectivity index (χ0) is 18.6. The van der Waals surface area contributed by atoms with Crippen LogP contribution in [-0.2, 0) is 0 Å². The van der Waals surface area contributed by atoms with Crippen LogP contribution in [0.1, 0.15) is 10.4 Å². The Morgan fingerprint density at radius 2 is 1.63 bits per heavy atom. The number of ether oxygens (including phenoxy) is 1. The van der Waals surface area contributed by atoms with Crippen LogP contribution in [0.3, 0.4) is 0 Å². The first-order valence-corrected chi connectivity index (χ1v) is 8.88. The summed E-state index contributed by atoms with van der Waals surface area (Å²) in [5.74, 6) is 0.903. The van der Waals surface area contributed by atoms with E-state index < -0.39 is 0 Å². The number of aromatic nitrogens is 3. The zero-order valence-electron chi connectivity index (χ0n) is 15.2. The second-order valence-electron chi connectivity index (χ2n) is 6.40. The summed E-state index contributed by atoms with van der Waals surface area (Å²) in [4.78, 5) is 17.1. The number of nitrogens with zero attached hydrogens (tertiary/aromatic N) is 5.